The molecule has 144 valence electrons. The van der Waals surface area contributed by atoms with Crippen molar-refractivity contribution in [1.29, 1.82) is 0 Å². The van der Waals surface area contributed by atoms with Crippen molar-refractivity contribution in [3.05, 3.63) is 48.4 Å². The fraction of sp³-hybridized carbons (Fsp3) is 0.300. The Balaban J connectivity index is 1.60. The molecule has 8 nitrogen and oxygen atoms in total. The highest BCUT2D eigenvalue weighted by Gasteiger charge is 2.26. The van der Waals surface area contributed by atoms with E-state index in [2.05, 4.69) is 14.9 Å². The van der Waals surface area contributed by atoms with Crippen LogP contribution in [0.5, 0.6) is 5.75 Å². The van der Waals surface area contributed by atoms with Crippen LogP contribution in [0.25, 0.3) is 10.9 Å². The van der Waals surface area contributed by atoms with E-state index in [4.69, 9.17) is 4.74 Å². The van der Waals surface area contributed by atoms with Crippen LogP contribution >= 0.6 is 0 Å². The van der Waals surface area contributed by atoms with Crippen molar-refractivity contribution in [2.24, 2.45) is 0 Å². The number of piperazine rings is 1. The maximum absolute atomic E-state index is 13.2. The van der Waals surface area contributed by atoms with E-state index in [9.17, 15) is 9.59 Å². The highest BCUT2D eigenvalue weighted by Crippen LogP contribution is 2.27. The summed E-state index contributed by atoms with van der Waals surface area (Å²) in [4.78, 5) is 37.6. The van der Waals surface area contributed by atoms with E-state index in [1.165, 1.54) is 11.5 Å². The molecule has 8 heteroatoms. The Kier molecular flexibility index (Phi) is 4.68. The van der Waals surface area contributed by atoms with E-state index in [0.29, 0.717) is 54.3 Å². The number of amides is 1. The number of hydrogen-bond acceptors (Lipinski definition) is 6. The second kappa shape index (κ2) is 7.30. The van der Waals surface area contributed by atoms with Crippen LogP contribution in [0.15, 0.2) is 42.9 Å². The molecule has 3 heterocycles. The van der Waals surface area contributed by atoms with E-state index in [-0.39, 0.29) is 11.8 Å². The van der Waals surface area contributed by atoms with Crippen molar-refractivity contribution in [2.75, 3.05) is 38.2 Å². The van der Waals surface area contributed by atoms with Gasteiger partial charge in [0.1, 0.15) is 5.75 Å². The molecule has 0 radical (unpaired) electrons. The van der Waals surface area contributed by atoms with Crippen LogP contribution < -0.4 is 9.64 Å². The van der Waals surface area contributed by atoms with Gasteiger partial charge in [0.15, 0.2) is 0 Å². The molecule has 1 aromatic carbocycles. The normalized spacial score (nSPS) is 14.4. The summed E-state index contributed by atoms with van der Waals surface area (Å²) in [6.07, 6.45) is 5.05. The first-order chi connectivity index (χ1) is 13.6. The molecule has 1 fully saturated rings. The third-order valence-electron chi connectivity index (χ3n) is 4.98. The summed E-state index contributed by atoms with van der Waals surface area (Å²) in [5.74, 6) is 1.09. The van der Waals surface area contributed by atoms with Crippen LogP contribution in [0.2, 0.25) is 0 Å². The van der Waals surface area contributed by atoms with Gasteiger partial charge in [0, 0.05) is 57.1 Å². The highest BCUT2D eigenvalue weighted by atomic mass is 16.5. The van der Waals surface area contributed by atoms with Crippen LogP contribution in [-0.4, -0.2) is 64.5 Å². The number of hydrogen-bond donors (Lipinski definition) is 0. The van der Waals surface area contributed by atoms with Crippen molar-refractivity contribution in [1.82, 2.24) is 19.4 Å². The highest BCUT2D eigenvalue weighted by molar-refractivity contribution is 6.09. The molecule has 1 aliphatic heterocycles. The fourth-order valence-electron chi connectivity index (χ4n) is 3.50. The number of nitrogens with zero attached hydrogens (tertiary/aromatic N) is 5. The first-order valence-electron chi connectivity index (χ1n) is 9.10. The monoisotopic (exact) mass is 379 g/mol. The lowest BCUT2D eigenvalue weighted by molar-refractivity contribution is 0.0748. The molecule has 0 bridgehead atoms. The topological polar surface area (TPSA) is 80.6 Å². The van der Waals surface area contributed by atoms with Crippen molar-refractivity contribution in [3.63, 3.8) is 0 Å². The average molecular weight is 379 g/mol. The van der Waals surface area contributed by atoms with Gasteiger partial charge in [0.05, 0.1) is 18.2 Å². The molecule has 1 amide bonds. The number of ether oxygens (including phenoxy) is 1. The number of aromatic nitrogens is 3. The molecule has 4 rings (SSSR count). The number of anilines is 1. The maximum Gasteiger partial charge on any atom is 0.256 e. The molecular weight excluding hydrogens is 358 g/mol. The Morgan fingerprint density at radius 3 is 2.43 bits per heavy atom. The van der Waals surface area contributed by atoms with Gasteiger partial charge in [-0.25, -0.2) is 9.97 Å². The number of benzene rings is 1. The van der Waals surface area contributed by atoms with Gasteiger partial charge in [0.2, 0.25) is 11.9 Å². The molecule has 0 spiro atoms. The molecule has 0 unspecified atom stereocenters. The smallest absolute Gasteiger partial charge is 0.256 e. The summed E-state index contributed by atoms with van der Waals surface area (Å²) < 4.78 is 6.81. The predicted molar refractivity (Wildman–Crippen MR) is 105 cm³/mol. The molecule has 3 aromatic rings. The first kappa shape index (κ1) is 18.0. The van der Waals surface area contributed by atoms with Gasteiger partial charge in [-0.1, -0.05) is 0 Å². The Morgan fingerprint density at radius 2 is 1.79 bits per heavy atom. The molecule has 0 aliphatic carbocycles. The lowest BCUT2D eigenvalue weighted by Gasteiger charge is -2.34. The molecule has 0 atom stereocenters. The number of carbonyl (C=O) groups is 2. The summed E-state index contributed by atoms with van der Waals surface area (Å²) in [6.45, 7) is 3.92. The van der Waals surface area contributed by atoms with Gasteiger partial charge < -0.3 is 14.5 Å². The summed E-state index contributed by atoms with van der Waals surface area (Å²) in [5.41, 5.74) is 1.21. The SMILES string of the molecule is COc1ccc2c(c1)c(C(=O)N1CCN(c3ncccn3)CC1)cn2C(C)=O. The van der Waals surface area contributed by atoms with Gasteiger partial charge in [-0.15, -0.1) is 0 Å². The zero-order valence-electron chi connectivity index (χ0n) is 15.8. The number of fused-ring (bicyclic) bond motifs is 1. The number of methoxy groups -OCH3 is 1. The van der Waals surface area contributed by atoms with Gasteiger partial charge in [0.25, 0.3) is 5.91 Å². The third-order valence-corrected chi connectivity index (χ3v) is 4.98. The fourth-order valence-corrected chi connectivity index (χ4v) is 3.50. The second-order valence-corrected chi connectivity index (χ2v) is 6.64. The minimum Gasteiger partial charge on any atom is -0.497 e. The van der Waals surface area contributed by atoms with Crippen molar-refractivity contribution in [2.45, 2.75) is 6.92 Å². The summed E-state index contributed by atoms with van der Waals surface area (Å²) in [6, 6.07) is 7.17. The standard InChI is InChI=1S/C20H21N5O3/c1-14(26)25-13-17(16-12-15(28-2)4-5-18(16)25)19(27)23-8-10-24(11-9-23)20-21-6-3-7-22-20/h3-7,12-13H,8-11H2,1-2H3. The molecule has 1 saturated heterocycles. The minimum atomic E-state index is -0.139. The number of rotatable bonds is 3. The van der Waals surface area contributed by atoms with Gasteiger partial charge >= 0.3 is 0 Å². The van der Waals surface area contributed by atoms with Crippen LogP contribution in [-0.2, 0) is 0 Å². The van der Waals surface area contributed by atoms with Crippen molar-refractivity contribution >= 4 is 28.7 Å². The Hall–Kier alpha value is -3.42. The second-order valence-electron chi connectivity index (χ2n) is 6.64. The minimum absolute atomic E-state index is 0.0908. The van der Waals surface area contributed by atoms with Gasteiger partial charge in [-0.3, -0.25) is 14.2 Å². The van der Waals surface area contributed by atoms with Crippen molar-refractivity contribution in [3.8, 4) is 5.75 Å². The van der Waals surface area contributed by atoms with Crippen LogP contribution in [0.3, 0.4) is 0 Å². The Morgan fingerprint density at radius 1 is 1.07 bits per heavy atom. The van der Waals surface area contributed by atoms with Gasteiger partial charge in [-0.05, 0) is 24.3 Å². The average Bonchev–Trinajstić information content (AvgIpc) is 3.13. The predicted octanol–water partition coefficient (Wildman–Crippen LogP) is 2.06. The molecule has 28 heavy (non-hydrogen) atoms. The van der Waals surface area contributed by atoms with E-state index >= 15 is 0 Å². The molecule has 2 aromatic heterocycles. The summed E-state index contributed by atoms with van der Waals surface area (Å²) in [5, 5.41) is 0.716. The summed E-state index contributed by atoms with van der Waals surface area (Å²) >= 11 is 0. The molecule has 0 N–H and O–H groups in total. The van der Waals surface area contributed by atoms with Crippen LogP contribution in [0, 0.1) is 0 Å². The van der Waals surface area contributed by atoms with E-state index in [0.717, 1.165) is 0 Å². The largest absolute Gasteiger partial charge is 0.497 e. The molecular formula is C20H21N5O3. The van der Waals surface area contributed by atoms with Crippen LogP contribution in [0.4, 0.5) is 5.95 Å². The first-order valence-corrected chi connectivity index (χ1v) is 9.10. The van der Waals surface area contributed by atoms with Crippen LogP contribution in [0.1, 0.15) is 22.1 Å². The number of carbonyl (C=O) groups excluding carboxylic acids is 2. The lowest BCUT2D eigenvalue weighted by Crippen LogP contribution is -2.49. The Bertz CT molecular complexity index is 1020. The molecule has 0 saturated carbocycles. The third kappa shape index (κ3) is 3.17. The summed E-state index contributed by atoms with van der Waals surface area (Å²) in [7, 11) is 1.58. The van der Waals surface area contributed by atoms with Gasteiger partial charge in [-0.2, -0.15) is 0 Å². The molecule has 1 aliphatic rings. The maximum atomic E-state index is 13.2. The van der Waals surface area contributed by atoms with Crippen molar-refractivity contribution < 1.29 is 14.3 Å². The Labute approximate surface area is 162 Å². The van der Waals surface area contributed by atoms with E-state index < -0.39 is 0 Å². The van der Waals surface area contributed by atoms with E-state index in [1.54, 1.807) is 54.9 Å². The zero-order chi connectivity index (χ0) is 19.7. The zero-order valence-corrected chi connectivity index (χ0v) is 15.8. The lowest BCUT2D eigenvalue weighted by atomic mass is 10.1. The quantitative estimate of drug-likeness (QED) is 0.693. The van der Waals surface area contributed by atoms with E-state index in [1.807, 2.05) is 0 Å².